The van der Waals surface area contributed by atoms with E-state index in [9.17, 15) is 4.79 Å². The lowest BCUT2D eigenvalue weighted by Gasteiger charge is -2.34. The normalized spacial score (nSPS) is 25.2. The second-order valence-corrected chi connectivity index (χ2v) is 5.92. The van der Waals surface area contributed by atoms with Crippen LogP contribution in [-0.4, -0.2) is 26.2 Å². The molecule has 0 radical (unpaired) electrons. The van der Waals surface area contributed by atoms with Gasteiger partial charge in [-0.05, 0) is 36.5 Å². The van der Waals surface area contributed by atoms with Gasteiger partial charge in [0.1, 0.15) is 0 Å². The van der Waals surface area contributed by atoms with Crippen LogP contribution in [0, 0.1) is 11.8 Å². The zero-order chi connectivity index (χ0) is 15.4. The summed E-state index contributed by atoms with van der Waals surface area (Å²) in [4.78, 5) is 12.4. The topological polar surface area (TPSA) is 47.6 Å². The third kappa shape index (κ3) is 3.49. The Kier molecular flexibility index (Phi) is 5.10. The molecule has 0 heterocycles. The lowest BCUT2D eigenvalue weighted by Crippen LogP contribution is -2.43. The zero-order valence-corrected chi connectivity index (χ0v) is 13.3. The fourth-order valence-corrected chi connectivity index (χ4v) is 3.01. The van der Waals surface area contributed by atoms with E-state index in [4.69, 9.17) is 9.47 Å². The highest BCUT2D eigenvalue weighted by atomic mass is 16.5. The maximum absolute atomic E-state index is 12.4. The van der Waals surface area contributed by atoms with Crippen molar-refractivity contribution in [3.63, 3.8) is 0 Å². The Hall–Kier alpha value is -1.71. The molecule has 0 bridgehead atoms. The molecular weight excluding hydrogens is 266 g/mol. The molecular formula is C17H25NO3. The van der Waals surface area contributed by atoms with Gasteiger partial charge >= 0.3 is 0 Å². The molecule has 1 aromatic rings. The summed E-state index contributed by atoms with van der Waals surface area (Å²) in [6.07, 6.45) is 3.50. The summed E-state index contributed by atoms with van der Waals surface area (Å²) < 4.78 is 10.4. The second-order valence-electron chi connectivity index (χ2n) is 5.92. The number of methoxy groups -OCH3 is 2. The molecule has 1 N–H and O–H groups in total. The van der Waals surface area contributed by atoms with Gasteiger partial charge in [-0.25, -0.2) is 0 Å². The first-order valence-corrected chi connectivity index (χ1v) is 7.59. The number of ether oxygens (including phenoxy) is 2. The Morgan fingerprint density at radius 2 is 1.86 bits per heavy atom. The van der Waals surface area contributed by atoms with Crippen LogP contribution in [0.25, 0.3) is 0 Å². The summed E-state index contributed by atoms with van der Waals surface area (Å²) in [5, 5.41) is 3.17. The number of carbonyl (C=O) groups excluding carboxylic acids is 1. The predicted octanol–water partition coefficient (Wildman–Crippen LogP) is 3.26. The highest BCUT2D eigenvalue weighted by Gasteiger charge is 2.28. The molecule has 0 aromatic heterocycles. The minimum absolute atomic E-state index is 0.0399. The number of carbonyl (C=O) groups is 1. The maximum Gasteiger partial charge on any atom is 0.251 e. The number of hydrogen-bond acceptors (Lipinski definition) is 3. The third-order valence-electron chi connectivity index (χ3n) is 4.67. The van der Waals surface area contributed by atoms with Crippen molar-refractivity contribution in [2.45, 2.75) is 39.2 Å². The van der Waals surface area contributed by atoms with E-state index in [0.29, 0.717) is 28.9 Å². The molecule has 116 valence electrons. The first-order valence-electron chi connectivity index (χ1n) is 7.59. The van der Waals surface area contributed by atoms with Gasteiger partial charge in [0, 0.05) is 11.6 Å². The minimum atomic E-state index is -0.0399. The van der Waals surface area contributed by atoms with Crippen molar-refractivity contribution in [1.82, 2.24) is 5.32 Å². The number of hydrogen-bond donors (Lipinski definition) is 1. The van der Waals surface area contributed by atoms with Crippen molar-refractivity contribution < 1.29 is 14.3 Å². The SMILES string of the molecule is COc1ccc(C(=O)N[C@@H]2CCC[C@H](C)[C@@H]2C)cc1OC. The van der Waals surface area contributed by atoms with Crippen LogP contribution in [0.3, 0.4) is 0 Å². The van der Waals surface area contributed by atoms with Gasteiger partial charge in [-0.3, -0.25) is 4.79 Å². The zero-order valence-electron chi connectivity index (χ0n) is 13.3. The van der Waals surface area contributed by atoms with Gasteiger partial charge in [0.25, 0.3) is 5.91 Å². The summed E-state index contributed by atoms with van der Waals surface area (Å²) in [5.74, 6) is 2.35. The van der Waals surface area contributed by atoms with Crippen molar-refractivity contribution >= 4 is 5.91 Å². The van der Waals surface area contributed by atoms with E-state index in [1.807, 2.05) is 0 Å². The van der Waals surface area contributed by atoms with Crippen LogP contribution in [0.15, 0.2) is 18.2 Å². The lowest BCUT2D eigenvalue weighted by molar-refractivity contribution is 0.0890. The molecule has 21 heavy (non-hydrogen) atoms. The Balaban J connectivity index is 2.09. The molecule has 4 nitrogen and oxygen atoms in total. The second kappa shape index (κ2) is 6.83. The van der Waals surface area contributed by atoms with Crippen LogP contribution in [0.2, 0.25) is 0 Å². The van der Waals surface area contributed by atoms with Crippen molar-refractivity contribution in [2.24, 2.45) is 11.8 Å². The molecule has 1 amide bonds. The van der Waals surface area contributed by atoms with Crippen LogP contribution in [0.1, 0.15) is 43.5 Å². The monoisotopic (exact) mass is 291 g/mol. The molecule has 0 aliphatic heterocycles. The van der Waals surface area contributed by atoms with E-state index in [2.05, 4.69) is 19.2 Å². The standard InChI is InChI=1S/C17H25NO3/c1-11-6-5-7-14(12(11)2)18-17(19)13-8-9-15(20-3)16(10-13)21-4/h8-12,14H,5-7H2,1-4H3,(H,18,19)/t11-,12-,14+/m0/s1. The summed E-state index contributed by atoms with van der Waals surface area (Å²) in [6.45, 7) is 4.49. The number of nitrogens with one attached hydrogen (secondary N) is 1. The molecule has 0 saturated heterocycles. The van der Waals surface area contributed by atoms with Gasteiger partial charge in [0.15, 0.2) is 11.5 Å². The predicted molar refractivity (Wildman–Crippen MR) is 83.0 cm³/mol. The van der Waals surface area contributed by atoms with Crippen molar-refractivity contribution in [1.29, 1.82) is 0 Å². The summed E-state index contributed by atoms with van der Waals surface area (Å²) in [7, 11) is 3.16. The Morgan fingerprint density at radius 3 is 2.52 bits per heavy atom. The average Bonchev–Trinajstić information content (AvgIpc) is 2.51. The fraction of sp³-hybridized carbons (Fsp3) is 0.588. The van der Waals surface area contributed by atoms with Gasteiger partial charge in [-0.2, -0.15) is 0 Å². The first kappa shape index (κ1) is 15.7. The van der Waals surface area contributed by atoms with E-state index in [1.165, 1.54) is 12.8 Å². The van der Waals surface area contributed by atoms with Crippen molar-refractivity contribution in [3.8, 4) is 11.5 Å². The Morgan fingerprint density at radius 1 is 1.14 bits per heavy atom. The van der Waals surface area contributed by atoms with E-state index < -0.39 is 0 Å². The van der Waals surface area contributed by atoms with E-state index in [1.54, 1.807) is 32.4 Å². The molecule has 4 heteroatoms. The van der Waals surface area contributed by atoms with Crippen LogP contribution in [-0.2, 0) is 0 Å². The quantitative estimate of drug-likeness (QED) is 0.926. The lowest BCUT2D eigenvalue weighted by atomic mass is 9.78. The first-order chi connectivity index (χ1) is 10.1. The van der Waals surface area contributed by atoms with Gasteiger partial charge in [0.2, 0.25) is 0 Å². The third-order valence-corrected chi connectivity index (χ3v) is 4.67. The number of benzene rings is 1. The van der Waals surface area contributed by atoms with Crippen molar-refractivity contribution in [3.05, 3.63) is 23.8 Å². The average molecular weight is 291 g/mol. The maximum atomic E-state index is 12.4. The molecule has 0 spiro atoms. The summed E-state index contributed by atoms with van der Waals surface area (Å²) in [6, 6.07) is 5.52. The smallest absolute Gasteiger partial charge is 0.251 e. The van der Waals surface area contributed by atoms with Crippen LogP contribution in [0.5, 0.6) is 11.5 Å². The summed E-state index contributed by atoms with van der Waals surface area (Å²) >= 11 is 0. The molecule has 1 aromatic carbocycles. The van der Waals surface area contributed by atoms with Gasteiger partial charge in [-0.1, -0.05) is 26.7 Å². The van der Waals surface area contributed by atoms with Gasteiger partial charge < -0.3 is 14.8 Å². The van der Waals surface area contributed by atoms with E-state index >= 15 is 0 Å². The highest BCUT2D eigenvalue weighted by molar-refractivity contribution is 5.95. The fourth-order valence-electron chi connectivity index (χ4n) is 3.01. The van der Waals surface area contributed by atoms with Crippen LogP contribution in [0.4, 0.5) is 0 Å². The molecule has 1 aliphatic carbocycles. The van der Waals surface area contributed by atoms with Gasteiger partial charge in [-0.15, -0.1) is 0 Å². The van der Waals surface area contributed by atoms with Crippen LogP contribution < -0.4 is 14.8 Å². The molecule has 1 saturated carbocycles. The molecule has 1 aliphatic rings. The number of rotatable bonds is 4. The van der Waals surface area contributed by atoms with E-state index in [0.717, 1.165) is 6.42 Å². The molecule has 3 atom stereocenters. The molecule has 0 unspecified atom stereocenters. The van der Waals surface area contributed by atoms with Crippen molar-refractivity contribution in [2.75, 3.05) is 14.2 Å². The molecule has 2 rings (SSSR count). The minimum Gasteiger partial charge on any atom is -0.493 e. The Bertz CT molecular complexity index is 501. The highest BCUT2D eigenvalue weighted by Crippen LogP contribution is 2.30. The Labute approximate surface area is 126 Å². The molecule has 1 fully saturated rings. The number of amides is 1. The largest absolute Gasteiger partial charge is 0.493 e. The summed E-state index contributed by atoms with van der Waals surface area (Å²) in [5.41, 5.74) is 0.609. The van der Waals surface area contributed by atoms with E-state index in [-0.39, 0.29) is 11.9 Å². The van der Waals surface area contributed by atoms with Crippen LogP contribution >= 0.6 is 0 Å². The van der Waals surface area contributed by atoms with Gasteiger partial charge in [0.05, 0.1) is 14.2 Å².